The van der Waals surface area contributed by atoms with E-state index in [1.165, 1.54) is 180 Å². The van der Waals surface area contributed by atoms with Crippen LogP contribution in [-0.4, -0.2) is 68.5 Å². The minimum absolute atomic E-state index is 0.000479. The lowest BCUT2D eigenvalue weighted by molar-refractivity contribution is -0.870. The van der Waals surface area contributed by atoms with Crippen molar-refractivity contribution in [1.82, 2.24) is 5.32 Å². The smallest absolute Gasteiger partial charge is 0.268 e. The molecular formula is C50H99N2O6P. The van der Waals surface area contributed by atoms with Crippen LogP contribution in [0, 0.1) is 0 Å². The summed E-state index contributed by atoms with van der Waals surface area (Å²) in [7, 11) is 1.26. The molecule has 0 saturated carbocycles. The van der Waals surface area contributed by atoms with Crippen molar-refractivity contribution >= 4 is 13.7 Å². The maximum atomic E-state index is 12.9. The van der Waals surface area contributed by atoms with Crippen LogP contribution in [0.1, 0.15) is 239 Å². The number of carbonyl (C=O) groups is 1. The number of hydrogen-bond acceptors (Lipinski definition) is 6. The van der Waals surface area contributed by atoms with Gasteiger partial charge < -0.3 is 28.8 Å². The molecule has 0 aromatic rings. The SMILES string of the molecule is CCCCCCCC/C=C\CCCCCCCCCC(=O)NC(COP(=O)([O-])OCC[N+](C)(C)C)C(O)/C=C/CCCCCCCCCCCCCCCCCCCC. The van der Waals surface area contributed by atoms with Gasteiger partial charge in [0.2, 0.25) is 5.91 Å². The first-order chi connectivity index (χ1) is 28.5. The first-order valence-electron chi connectivity index (χ1n) is 25.2. The Balaban J connectivity index is 4.33. The Labute approximate surface area is 366 Å². The summed E-state index contributed by atoms with van der Waals surface area (Å²) in [5, 5.41) is 13.8. The van der Waals surface area contributed by atoms with Gasteiger partial charge in [0.25, 0.3) is 7.82 Å². The molecule has 0 aliphatic heterocycles. The van der Waals surface area contributed by atoms with Gasteiger partial charge in [0.1, 0.15) is 13.2 Å². The summed E-state index contributed by atoms with van der Waals surface area (Å²) in [4.78, 5) is 25.4. The number of likely N-dealkylation sites (N-methyl/N-ethyl adjacent to an activating group) is 1. The molecule has 0 aromatic heterocycles. The summed E-state index contributed by atoms with van der Waals surface area (Å²) >= 11 is 0. The van der Waals surface area contributed by atoms with Crippen LogP contribution < -0.4 is 10.2 Å². The van der Waals surface area contributed by atoms with Gasteiger partial charge in [-0.15, -0.1) is 0 Å². The lowest BCUT2D eigenvalue weighted by Gasteiger charge is -2.29. The fourth-order valence-electron chi connectivity index (χ4n) is 7.38. The zero-order valence-corrected chi connectivity index (χ0v) is 40.6. The summed E-state index contributed by atoms with van der Waals surface area (Å²) in [6.07, 6.45) is 50.8. The van der Waals surface area contributed by atoms with Crippen LogP contribution in [0.3, 0.4) is 0 Å². The number of carbonyl (C=O) groups excluding carboxylic acids is 1. The van der Waals surface area contributed by atoms with Gasteiger partial charge in [-0.1, -0.05) is 212 Å². The van der Waals surface area contributed by atoms with Crippen LogP contribution in [-0.2, 0) is 18.4 Å². The van der Waals surface area contributed by atoms with E-state index >= 15 is 0 Å². The van der Waals surface area contributed by atoms with E-state index in [1.807, 2.05) is 27.2 Å². The molecule has 0 saturated heterocycles. The molecule has 8 nitrogen and oxygen atoms in total. The van der Waals surface area contributed by atoms with E-state index < -0.39 is 20.0 Å². The molecule has 0 aliphatic rings. The third-order valence-electron chi connectivity index (χ3n) is 11.4. The number of aliphatic hydroxyl groups is 1. The van der Waals surface area contributed by atoms with Gasteiger partial charge in [-0.3, -0.25) is 9.36 Å². The van der Waals surface area contributed by atoms with Crippen molar-refractivity contribution < 1.29 is 32.9 Å². The van der Waals surface area contributed by atoms with Crippen LogP contribution in [0.15, 0.2) is 24.3 Å². The number of quaternary nitrogens is 1. The Morgan fingerprint density at radius 2 is 0.932 bits per heavy atom. The zero-order valence-electron chi connectivity index (χ0n) is 39.7. The van der Waals surface area contributed by atoms with Crippen molar-refractivity contribution in [2.24, 2.45) is 0 Å². The third-order valence-corrected chi connectivity index (χ3v) is 12.4. The highest BCUT2D eigenvalue weighted by Crippen LogP contribution is 2.38. The van der Waals surface area contributed by atoms with Crippen molar-refractivity contribution in [3.8, 4) is 0 Å². The second-order valence-electron chi connectivity index (χ2n) is 18.5. The Morgan fingerprint density at radius 1 is 0.576 bits per heavy atom. The highest BCUT2D eigenvalue weighted by molar-refractivity contribution is 7.45. The monoisotopic (exact) mass is 855 g/mol. The van der Waals surface area contributed by atoms with E-state index in [0.717, 1.165) is 38.5 Å². The van der Waals surface area contributed by atoms with E-state index in [9.17, 15) is 19.4 Å². The highest BCUT2D eigenvalue weighted by Gasteiger charge is 2.23. The minimum Gasteiger partial charge on any atom is -0.756 e. The van der Waals surface area contributed by atoms with Crippen molar-refractivity contribution in [3.05, 3.63) is 24.3 Å². The summed E-state index contributed by atoms with van der Waals surface area (Å²) in [5.74, 6) is -0.200. The number of nitrogens with zero attached hydrogens (tertiary/aromatic N) is 1. The van der Waals surface area contributed by atoms with Crippen molar-refractivity contribution in [1.29, 1.82) is 0 Å². The first kappa shape index (κ1) is 58.0. The number of phosphoric ester groups is 1. The molecule has 0 rings (SSSR count). The number of unbranched alkanes of at least 4 members (excludes halogenated alkanes) is 31. The summed E-state index contributed by atoms with van der Waals surface area (Å²) in [6, 6.07) is -0.886. The molecule has 2 N–H and O–H groups in total. The lowest BCUT2D eigenvalue weighted by Crippen LogP contribution is -2.45. The number of aliphatic hydroxyl groups excluding tert-OH is 1. The number of rotatable bonds is 46. The molecule has 0 heterocycles. The Kier molecular flexibility index (Phi) is 41.6. The molecule has 0 spiro atoms. The van der Waals surface area contributed by atoms with E-state index in [1.54, 1.807) is 6.08 Å². The van der Waals surface area contributed by atoms with Crippen LogP contribution in [0.2, 0.25) is 0 Å². The van der Waals surface area contributed by atoms with E-state index in [4.69, 9.17) is 9.05 Å². The average Bonchev–Trinajstić information content (AvgIpc) is 3.19. The second-order valence-corrected chi connectivity index (χ2v) is 19.9. The van der Waals surface area contributed by atoms with Crippen LogP contribution in [0.5, 0.6) is 0 Å². The maximum Gasteiger partial charge on any atom is 0.268 e. The summed E-state index contributed by atoms with van der Waals surface area (Å²) in [6.45, 7) is 4.66. The van der Waals surface area contributed by atoms with Gasteiger partial charge in [-0.2, -0.15) is 0 Å². The first-order valence-corrected chi connectivity index (χ1v) is 26.7. The highest BCUT2D eigenvalue weighted by atomic mass is 31.2. The van der Waals surface area contributed by atoms with Crippen LogP contribution in [0.4, 0.5) is 0 Å². The molecule has 0 aromatic carbocycles. The maximum absolute atomic E-state index is 12.9. The second kappa shape index (κ2) is 42.3. The van der Waals surface area contributed by atoms with Gasteiger partial charge in [0.05, 0.1) is 39.9 Å². The van der Waals surface area contributed by atoms with Gasteiger partial charge in [0.15, 0.2) is 0 Å². The number of nitrogens with one attached hydrogen (secondary N) is 1. The van der Waals surface area contributed by atoms with Crippen LogP contribution >= 0.6 is 7.82 Å². The molecule has 1 amide bonds. The normalized spacial score (nSPS) is 14.4. The molecule has 350 valence electrons. The quantitative estimate of drug-likeness (QED) is 0.0273. The third kappa shape index (κ3) is 44.8. The van der Waals surface area contributed by atoms with Crippen molar-refractivity contribution in [2.75, 3.05) is 40.9 Å². The van der Waals surface area contributed by atoms with E-state index in [-0.39, 0.29) is 19.1 Å². The lowest BCUT2D eigenvalue weighted by atomic mass is 10.0. The van der Waals surface area contributed by atoms with Gasteiger partial charge in [-0.05, 0) is 44.9 Å². The minimum atomic E-state index is -4.59. The molecule has 3 unspecified atom stereocenters. The molecule has 0 fully saturated rings. The van der Waals surface area contributed by atoms with E-state index in [2.05, 4.69) is 31.3 Å². The number of allylic oxidation sites excluding steroid dienone is 3. The number of phosphoric acid groups is 1. The fraction of sp³-hybridized carbons (Fsp3) is 0.900. The van der Waals surface area contributed by atoms with Crippen LogP contribution in [0.25, 0.3) is 0 Å². The largest absolute Gasteiger partial charge is 0.756 e. The van der Waals surface area contributed by atoms with Gasteiger partial charge >= 0.3 is 0 Å². The predicted molar refractivity (Wildman–Crippen MR) is 252 cm³/mol. The van der Waals surface area contributed by atoms with Gasteiger partial charge in [0, 0.05) is 6.42 Å². The molecule has 0 bridgehead atoms. The Hall–Kier alpha value is -1.02. The topological polar surface area (TPSA) is 108 Å². The molecule has 9 heteroatoms. The predicted octanol–water partition coefficient (Wildman–Crippen LogP) is 13.8. The zero-order chi connectivity index (χ0) is 43.6. The molecular weight excluding hydrogens is 756 g/mol. The Morgan fingerprint density at radius 3 is 1.32 bits per heavy atom. The fourth-order valence-corrected chi connectivity index (χ4v) is 8.11. The molecule has 0 radical (unpaired) electrons. The number of hydrogen-bond donors (Lipinski definition) is 2. The van der Waals surface area contributed by atoms with Crippen molar-refractivity contribution in [3.63, 3.8) is 0 Å². The molecule has 3 atom stereocenters. The molecule has 0 aliphatic carbocycles. The standard InChI is InChI=1S/C50H99N2O6P/c1-6-8-10-12-14-16-18-20-22-24-25-26-28-29-31-33-35-37-39-41-43-49(53)48(47-58-59(55,56)57-46-45-52(3,4)5)51-50(54)44-42-40-38-36-34-32-30-27-23-21-19-17-15-13-11-9-7-2/h21,23,41,43,48-49,53H,6-20,22,24-40,42,44-47H2,1-5H3,(H-,51,54,55,56)/b23-21-,43-41+. The Bertz CT molecular complexity index is 1020. The van der Waals surface area contributed by atoms with E-state index in [0.29, 0.717) is 17.4 Å². The molecule has 59 heavy (non-hydrogen) atoms. The summed E-state index contributed by atoms with van der Waals surface area (Å²) < 4.78 is 23.3. The average molecular weight is 855 g/mol. The number of amides is 1. The summed E-state index contributed by atoms with van der Waals surface area (Å²) in [5.41, 5.74) is 0. The van der Waals surface area contributed by atoms with Gasteiger partial charge in [-0.25, -0.2) is 0 Å². The van der Waals surface area contributed by atoms with Crippen molar-refractivity contribution in [2.45, 2.75) is 251 Å².